The van der Waals surface area contributed by atoms with Gasteiger partial charge in [0.05, 0.1) is 6.61 Å². The predicted octanol–water partition coefficient (Wildman–Crippen LogP) is 1.31. The molecule has 8 heteroatoms. The van der Waals surface area contributed by atoms with E-state index in [2.05, 4.69) is 15.6 Å². The normalized spacial score (nSPS) is 16.7. The molecule has 5 nitrogen and oxygen atoms in total. The molecule has 1 aromatic rings. The summed E-state index contributed by atoms with van der Waals surface area (Å²) in [6, 6.07) is 2.52. The maximum absolute atomic E-state index is 12.9. The molecule has 0 aliphatic carbocycles. The molecule has 3 N–H and O–H groups in total. The van der Waals surface area contributed by atoms with Crippen LogP contribution in [0.25, 0.3) is 0 Å². The lowest BCUT2D eigenvalue weighted by Gasteiger charge is -2.24. The Labute approximate surface area is 126 Å². The van der Waals surface area contributed by atoms with Crippen molar-refractivity contribution in [1.82, 2.24) is 15.6 Å². The number of aliphatic hydroxyl groups excluding tert-OH is 1. The highest BCUT2D eigenvalue weighted by Crippen LogP contribution is 2.30. The molecule has 0 bridgehead atoms. The zero-order valence-corrected chi connectivity index (χ0v) is 12.1. The van der Waals surface area contributed by atoms with Gasteiger partial charge in [-0.15, -0.1) is 0 Å². The molecule has 1 saturated heterocycles. The van der Waals surface area contributed by atoms with Gasteiger partial charge in [0.2, 0.25) is 5.88 Å². The smallest absolute Gasteiger partial charge is 0.433 e. The number of aromatic nitrogens is 1. The summed E-state index contributed by atoms with van der Waals surface area (Å²) >= 11 is 0. The van der Waals surface area contributed by atoms with Crippen molar-refractivity contribution in [3.63, 3.8) is 0 Å². The molecule has 1 aromatic heterocycles. The fourth-order valence-electron chi connectivity index (χ4n) is 2.26. The van der Waals surface area contributed by atoms with Crippen molar-refractivity contribution in [2.24, 2.45) is 0 Å². The Balaban J connectivity index is 2.13. The third-order valence-electron chi connectivity index (χ3n) is 3.34. The van der Waals surface area contributed by atoms with Gasteiger partial charge in [0, 0.05) is 19.2 Å². The number of hydrogen-bond donors (Lipinski definition) is 3. The van der Waals surface area contributed by atoms with Gasteiger partial charge >= 0.3 is 6.18 Å². The fourth-order valence-corrected chi connectivity index (χ4v) is 2.26. The summed E-state index contributed by atoms with van der Waals surface area (Å²) in [6.07, 6.45) is -3.14. The number of nitrogens with zero attached hydrogens (tertiary/aromatic N) is 1. The molecular formula is C14H20F3N3O2. The molecule has 0 spiro atoms. The van der Waals surface area contributed by atoms with Crippen molar-refractivity contribution >= 4 is 0 Å². The van der Waals surface area contributed by atoms with E-state index in [0.29, 0.717) is 12.1 Å². The summed E-state index contributed by atoms with van der Waals surface area (Å²) < 4.78 is 44.4. The minimum Gasteiger partial charge on any atom is -0.474 e. The SMILES string of the molecule is OCCNCc1cc(OC2CCNCC2)nc(C(F)(F)F)c1. The molecule has 1 fully saturated rings. The number of ether oxygens (including phenoxy) is 1. The molecule has 124 valence electrons. The minimum atomic E-state index is -4.51. The second-order valence-corrected chi connectivity index (χ2v) is 5.16. The average Bonchev–Trinajstić information content (AvgIpc) is 2.47. The standard InChI is InChI=1S/C14H20F3N3O2/c15-14(16,17)12-7-10(9-19-5-6-21)8-13(20-12)22-11-1-3-18-4-2-11/h7-8,11,18-19,21H,1-6,9H2. The fraction of sp³-hybridized carbons (Fsp3) is 0.643. The average molecular weight is 319 g/mol. The van der Waals surface area contributed by atoms with Gasteiger partial charge < -0.3 is 20.5 Å². The first-order valence-corrected chi connectivity index (χ1v) is 7.26. The van der Waals surface area contributed by atoms with Crippen molar-refractivity contribution < 1.29 is 23.0 Å². The van der Waals surface area contributed by atoms with Crippen molar-refractivity contribution in [3.05, 3.63) is 23.4 Å². The molecule has 0 saturated carbocycles. The Kier molecular flexibility index (Phi) is 5.98. The Morgan fingerprint density at radius 2 is 2.05 bits per heavy atom. The molecule has 2 rings (SSSR count). The van der Waals surface area contributed by atoms with Gasteiger partial charge in [0.25, 0.3) is 0 Å². The molecule has 0 atom stereocenters. The van der Waals surface area contributed by atoms with E-state index < -0.39 is 11.9 Å². The first kappa shape index (κ1) is 17.0. The van der Waals surface area contributed by atoms with Crippen LogP contribution in [0.15, 0.2) is 12.1 Å². The first-order chi connectivity index (χ1) is 10.5. The lowest BCUT2D eigenvalue weighted by molar-refractivity contribution is -0.141. The maximum atomic E-state index is 12.9. The number of alkyl halides is 3. The summed E-state index contributed by atoms with van der Waals surface area (Å²) in [6.45, 7) is 2.03. The van der Waals surface area contributed by atoms with E-state index in [1.54, 1.807) is 0 Å². The highest BCUT2D eigenvalue weighted by molar-refractivity contribution is 5.27. The highest BCUT2D eigenvalue weighted by atomic mass is 19.4. The molecule has 0 radical (unpaired) electrons. The first-order valence-electron chi connectivity index (χ1n) is 7.26. The summed E-state index contributed by atoms with van der Waals surface area (Å²) in [5.74, 6) is 0.00234. The van der Waals surface area contributed by atoms with Crippen molar-refractivity contribution in [3.8, 4) is 5.88 Å². The maximum Gasteiger partial charge on any atom is 0.433 e. The zero-order valence-electron chi connectivity index (χ0n) is 12.1. The number of aliphatic hydroxyl groups is 1. The molecule has 1 aliphatic heterocycles. The van der Waals surface area contributed by atoms with Crippen LogP contribution in [0.5, 0.6) is 5.88 Å². The minimum absolute atomic E-state index is 0.00234. The third kappa shape index (κ3) is 5.11. The van der Waals surface area contributed by atoms with Crippen LogP contribution in [0.3, 0.4) is 0 Å². The van der Waals surface area contributed by atoms with Crippen LogP contribution in [-0.2, 0) is 12.7 Å². The van der Waals surface area contributed by atoms with Gasteiger partial charge in [-0.1, -0.05) is 0 Å². The topological polar surface area (TPSA) is 66.4 Å². The van der Waals surface area contributed by atoms with Crippen LogP contribution in [0.1, 0.15) is 24.1 Å². The van der Waals surface area contributed by atoms with Gasteiger partial charge in [-0.25, -0.2) is 4.98 Å². The summed E-state index contributed by atoms with van der Waals surface area (Å²) in [7, 11) is 0. The van der Waals surface area contributed by atoms with Crippen LogP contribution in [0, 0.1) is 0 Å². The van der Waals surface area contributed by atoms with Gasteiger partial charge in [0.1, 0.15) is 11.8 Å². The predicted molar refractivity (Wildman–Crippen MR) is 74.6 cm³/mol. The quantitative estimate of drug-likeness (QED) is 0.690. The number of rotatable bonds is 6. The zero-order chi connectivity index (χ0) is 16.0. The lowest BCUT2D eigenvalue weighted by Crippen LogP contribution is -2.34. The van der Waals surface area contributed by atoms with Crippen LogP contribution < -0.4 is 15.4 Å². The van der Waals surface area contributed by atoms with E-state index in [9.17, 15) is 13.2 Å². The number of hydrogen-bond acceptors (Lipinski definition) is 5. The Morgan fingerprint density at radius 1 is 1.32 bits per heavy atom. The molecule has 0 amide bonds. The molecule has 0 aromatic carbocycles. The van der Waals surface area contributed by atoms with Gasteiger partial charge in [0.15, 0.2) is 0 Å². The summed E-state index contributed by atoms with van der Waals surface area (Å²) in [5, 5.41) is 14.7. The molecular weight excluding hydrogens is 299 g/mol. The van der Waals surface area contributed by atoms with Crippen LogP contribution in [-0.4, -0.2) is 42.4 Å². The Morgan fingerprint density at radius 3 is 2.68 bits per heavy atom. The van der Waals surface area contributed by atoms with Crippen LogP contribution in [0.4, 0.5) is 13.2 Å². The molecule has 2 heterocycles. The number of nitrogens with one attached hydrogen (secondary N) is 2. The van der Waals surface area contributed by atoms with Crippen LogP contribution in [0.2, 0.25) is 0 Å². The van der Waals surface area contributed by atoms with Gasteiger partial charge in [-0.05, 0) is 37.6 Å². The van der Waals surface area contributed by atoms with E-state index in [0.717, 1.165) is 32.0 Å². The Hall–Kier alpha value is -1.38. The second kappa shape index (κ2) is 7.75. The van der Waals surface area contributed by atoms with Gasteiger partial charge in [-0.2, -0.15) is 13.2 Å². The number of piperidine rings is 1. The largest absolute Gasteiger partial charge is 0.474 e. The summed E-state index contributed by atoms with van der Waals surface area (Å²) in [5.41, 5.74) is -0.528. The third-order valence-corrected chi connectivity index (χ3v) is 3.34. The number of pyridine rings is 1. The number of halogens is 3. The monoisotopic (exact) mass is 319 g/mol. The van der Waals surface area contributed by atoms with E-state index >= 15 is 0 Å². The lowest BCUT2D eigenvalue weighted by atomic mass is 10.1. The van der Waals surface area contributed by atoms with E-state index in [1.807, 2.05) is 0 Å². The van der Waals surface area contributed by atoms with E-state index in [-0.39, 0.29) is 25.1 Å². The summed E-state index contributed by atoms with van der Waals surface area (Å²) in [4.78, 5) is 3.58. The van der Waals surface area contributed by atoms with Gasteiger partial charge in [-0.3, -0.25) is 0 Å². The van der Waals surface area contributed by atoms with E-state index in [1.165, 1.54) is 6.07 Å². The van der Waals surface area contributed by atoms with Crippen molar-refractivity contribution in [2.45, 2.75) is 31.7 Å². The van der Waals surface area contributed by atoms with E-state index in [4.69, 9.17) is 9.84 Å². The molecule has 22 heavy (non-hydrogen) atoms. The van der Waals surface area contributed by atoms with Crippen molar-refractivity contribution in [2.75, 3.05) is 26.2 Å². The van der Waals surface area contributed by atoms with Crippen molar-refractivity contribution in [1.29, 1.82) is 0 Å². The second-order valence-electron chi connectivity index (χ2n) is 5.16. The van der Waals surface area contributed by atoms with Crippen LogP contribution >= 0.6 is 0 Å². The Bertz CT molecular complexity index is 477. The highest BCUT2D eigenvalue weighted by Gasteiger charge is 2.33. The molecule has 1 aliphatic rings. The molecule has 0 unspecified atom stereocenters.